The van der Waals surface area contributed by atoms with Gasteiger partial charge in [0.05, 0.1) is 12.3 Å². The number of rotatable bonds is 5. The minimum absolute atomic E-state index is 0.374. The van der Waals surface area contributed by atoms with Crippen LogP contribution in [-0.4, -0.2) is 16.2 Å². The van der Waals surface area contributed by atoms with Crippen molar-refractivity contribution in [2.24, 2.45) is 0 Å². The molecule has 4 heteroatoms. The lowest BCUT2D eigenvalue weighted by molar-refractivity contribution is 0.340. The van der Waals surface area contributed by atoms with Gasteiger partial charge in [0.25, 0.3) is 0 Å². The quantitative estimate of drug-likeness (QED) is 0.884. The number of nitrogens with zero attached hydrogens (tertiary/aromatic N) is 2. The molecule has 2 rings (SSSR count). The van der Waals surface area contributed by atoms with Crippen LogP contribution in [0.5, 0.6) is 5.75 Å². The molecule has 0 saturated carbocycles. The van der Waals surface area contributed by atoms with E-state index in [1.165, 1.54) is 0 Å². The highest BCUT2D eigenvalue weighted by Gasteiger charge is 2.08. The van der Waals surface area contributed by atoms with Crippen molar-refractivity contribution in [2.45, 2.75) is 33.7 Å². The summed E-state index contributed by atoms with van der Waals surface area (Å²) in [4.78, 5) is 4.51. The Morgan fingerprint density at radius 2 is 2.16 bits per heavy atom. The first-order valence-corrected chi connectivity index (χ1v) is 6.65. The van der Waals surface area contributed by atoms with E-state index in [1.54, 1.807) is 0 Å². The number of nitrogens with one attached hydrogen (secondary N) is 1. The topological polar surface area (TPSA) is 39.1 Å². The van der Waals surface area contributed by atoms with Gasteiger partial charge in [-0.15, -0.1) is 0 Å². The maximum Gasteiger partial charge on any atom is 0.207 e. The van der Waals surface area contributed by atoms with E-state index in [4.69, 9.17) is 4.74 Å². The van der Waals surface area contributed by atoms with Gasteiger partial charge in [-0.05, 0) is 39.8 Å². The highest BCUT2D eigenvalue weighted by atomic mass is 16.5. The Morgan fingerprint density at radius 1 is 1.37 bits per heavy atom. The van der Waals surface area contributed by atoms with Gasteiger partial charge in [-0.1, -0.05) is 6.07 Å². The summed E-state index contributed by atoms with van der Waals surface area (Å²) < 4.78 is 7.63. The van der Waals surface area contributed by atoms with Gasteiger partial charge in [0, 0.05) is 24.0 Å². The number of aryl methyl sites for hydroxylation is 1. The van der Waals surface area contributed by atoms with E-state index in [0.717, 1.165) is 23.1 Å². The second kappa shape index (κ2) is 5.78. The number of ether oxygens (including phenoxy) is 1. The second-order valence-corrected chi connectivity index (χ2v) is 4.79. The summed E-state index contributed by atoms with van der Waals surface area (Å²) in [5.74, 6) is 1.73. The molecule has 102 valence electrons. The maximum atomic E-state index is 5.50. The van der Waals surface area contributed by atoms with Crippen molar-refractivity contribution in [2.75, 3.05) is 11.9 Å². The van der Waals surface area contributed by atoms with Crippen LogP contribution in [0.15, 0.2) is 30.5 Å². The highest BCUT2D eigenvalue weighted by Crippen LogP contribution is 2.23. The molecule has 2 aromatic rings. The normalized spacial score (nSPS) is 10.8. The lowest BCUT2D eigenvalue weighted by atomic mass is 10.3. The van der Waals surface area contributed by atoms with Gasteiger partial charge in [-0.25, -0.2) is 4.98 Å². The molecule has 1 aromatic carbocycles. The van der Waals surface area contributed by atoms with Crippen LogP contribution in [-0.2, 0) is 0 Å². The standard InChI is InChI=1S/C15H21N3O/c1-5-19-14-8-6-7-13(9-14)17-15-16-12(4)10-18(15)11(2)3/h6-11H,5H2,1-4H3,(H,16,17). The van der Waals surface area contributed by atoms with E-state index >= 15 is 0 Å². The van der Waals surface area contributed by atoms with E-state index in [-0.39, 0.29) is 0 Å². The van der Waals surface area contributed by atoms with Crippen molar-refractivity contribution in [1.29, 1.82) is 0 Å². The molecule has 0 unspecified atom stereocenters. The van der Waals surface area contributed by atoms with Crippen LogP contribution in [0, 0.1) is 6.92 Å². The number of aromatic nitrogens is 2. The molecular formula is C15H21N3O. The second-order valence-electron chi connectivity index (χ2n) is 4.79. The van der Waals surface area contributed by atoms with Crippen molar-refractivity contribution >= 4 is 11.6 Å². The molecule has 0 atom stereocenters. The van der Waals surface area contributed by atoms with E-state index in [9.17, 15) is 0 Å². The van der Waals surface area contributed by atoms with Crippen LogP contribution >= 0.6 is 0 Å². The predicted molar refractivity (Wildman–Crippen MR) is 78.2 cm³/mol. The van der Waals surface area contributed by atoms with Gasteiger partial charge >= 0.3 is 0 Å². The fourth-order valence-corrected chi connectivity index (χ4v) is 1.96. The summed E-state index contributed by atoms with van der Waals surface area (Å²) in [7, 11) is 0. The van der Waals surface area contributed by atoms with Gasteiger partial charge < -0.3 is 14.6 Å². The first-order valence-electron chi connectivity index (χ1n) is 6.65. The average Bonchev–Trinajstić information content (AvgIpc) is 2.71. The molecular weight excluding hydrogens is 238 g/mol. The van der Waals surface area contributed by atoms with Crippen molar-refractivity contribution in [3.05, 3.63) is 36.2 Å². The van der Waals surface area contributed by atoms with E-state index in [0.29, 0.717) is 12.6 Å². The van der Waals surface area contributed by atoms with Crippen LogP contribution in [0.3, 0.4) is 0 Å². The fourth-order valence-electron chi connectivity index (χ4n) is 1.96. The summed E-state index contributed by atoms with van der Waals surface area (Å²) in [5.41, 5.74) is 2.00. The summed E-state index contributed by atoms with van der Waals surface area (Å²) in [6.45, 7) is 8.94. The predicted octanol–water partition coefficient (Wildman–Crippen LogP) is 3.91. The van der Waals surface area contributed by atoms with Gasteiger partial charge in [0.2, 0.25) is 5.95 Å². The summed E-state index contributed by atoms with van der Waals surface area (Å²) >= 11 is 0. The molecule has 0 bridgehead atoms. The SMILES string of the molecule is CCOc1cccc(Nc2nc(C)cn2C(C)C)c1. The van der Waals surface area contributed by atoms with Crippen LogP contribution in [0.4, 0.5) is 11.6 Å². The van der Waals surface area contributed by atoms with Gasteiger partial charge in [0.15, 0.2) is 0 Å². The number of hydrogen-bond acceptors (Lipinski definition) is 3. The van der Waals surface area contributed by atoms with Crippen LogP contribution in [0.25, 0.3) is 0 Å². The minimum Gasteiger partial charge on any atom is -0.494 e. The number of anilines is 2. The molecule has 0 spiro atoms. The number of benzene rings is 1. The Bertz CT molecular complexity index is 546. The average molecular weight is 259 g/mol. The molecule has 0 amide bonds. The largest absolute Gasteiger partial charge is 0.494 e. The Hall–Kier alpha value is -1.97. The first-order chi connectivity index (χ1) is 9.10. The first kappa shape index (κ1) is 13.5. The number of hydrogen-bond donors (Lipinski definition) is 1. The molecule has 1 heterocycles. The maximum absolute atomic E-state index is 5.50. The molecule has 1 N–H and O–H groups in total. The molecule has 0 fully saturated rings. The minimum atomic E-state index is 0.374. The van der Waals surface area contributed by atoms with E-state index in [1.807, 2.05) is 38.1 Å². The molecule has 1 aromatic heterocycles. The van der Waals surface area contributed by atoms with Crippen LogP contribution in [0.2, 0.25) is 0 Å². The monoisotopic (exact) mass is 259 g/mol. The highest BCUT2D eigenvalue weighted by molar-refractivity contribution is 5.56. The zero-order valence-electron chi connectivity index (χ0n) is 12.0. The summed E-state index contributed by atoms with van der Waals surface area (Å²) in [5, 5.41) is 3.35. The Kier molecular flexibility index (Phi) is 4.10. The van der Waals surface area contributed by atoms with Crippen molar-refractivity contribution < 1.29 is 4.74 Å². The molecule has 4 nitrogen and oxygen atoms in total. The molecule has 0 radical (unpaired) electrons. The lowest BCUT2D eigenvalue weighted by Gasteiger charge is -2.13. The van der Waals surface area contributed by atoms with Crippen molar-refractivity contribution in [3.8, 4) is 5.75 Å². The van der Waals surface area contributed by atoms with Gasteiger partial charge in [0.1, 0.15) is 5.75 Å². The third-order valence-corrected chi connectivity index (χ3v) is 2.81. The Balaban J connectivity index is 2.23. The smallest absolute Gasteiger partial charge is 0.207 e. The molecule has 0 saturated heterocycles. The zero-order valence-corrected chi connectivity index (χ0v) is 12.0. The van der Waals surface area contributed by atoms with E-state index < -0.39 is 0 Å². The molecule has 0 aliphatic carbocycles. The third-order valence-electron chi connectivity index (χ3n) is 2.81. The zero-order chi connectivity index (χ0) is 13.8. The van der Waals surface area contributed by atoms with Gasteiger partial charge in [-0.3, -0.25) is 0 Å². The van der Waals surface area contributed by atoms with Gasteiger partial charge in [-0.2, -0.15) is 0 Å². The number of imidazole rings is 1. The Labute approximate surface area is 114 Å². The van der Waals surface area contributed by atoms with E-state index in [2.05, 4.69) is 34.9 Å². The summed E-state index contributed by atoms with van der Waals surface area (Å²) in [6, 6.07) is 8.30. The van der Waals surface area contributed by atoms with Crippen molar-refractivity contribution in [3.63, 3.8) is 0 Å². The lowest BCUT2D eigenvalue weighted by Crippen LogP contribution is -2.05. The third kappa shape index (κ3) is 3.28. The van der Waals surface area contributed by atoms with Crippen LogP contribution in [0.1, 0.15) is 32.5 Å². The molecule has 0 aliphatic heterocycles. The fraction of sp³-hybridized carbons (Fsp3) is 0.400. The van der Waals surface area contributed by atoms with Crippen LogP contribution < -0.4 is 10.1 Å². The Morgan fingerprint density at radius 3 is 2.84 bits per heavy atom. The molecule has 19 heavy (non-hydrogen) atoms. The summed E-state index contributed by atoms with van der Waals surface area (Å²) in [6.07, 6.45) is 2.05. The molecule has 0 aliphatic rings. The van der Waals surface area contributed by atoms with Crippen molar-refractivity contribution in [1.82, 2.24) is 9.55 Å².